The van der Waals surface area contributed by atoms with E-state index in [2.05, 4.69) is 35.5 Å². The molecule has 0 aliphatic heterocycles. The number of nitrogens with zero attached hydrogens (tertiary/aromatic N) is 2. The smallest absolute Gasteiger partial charge is 0.124 e. The van der Waals surface area contributed by atoms with Gasteiger partial charge in [-0.3, -0.25) is 4.68 Å². The average Bonchev–Trinajstić information content (AvgIpc) is 2.85. The maximum Gasteiger partial charge on any atom is 0.124 e. The Balaban J connectivity index is 1.89. The van der Waals surface area contributed by atoms with Crippen molar-refractivity contribution in [3.05, 3.63) is 47.8 Å². The Labute approximate surface area is 120 Å². The second-order valence-electron chi connectivity index (χ2n) is 4.88. The molecule has 0 saturated heterocycles. The van der Waals surface area contributed by atoms with Crippen molar-refractivity contribution in [1.82, 2.24) is 15.1 Å². The van der Waals surface area contributed by atoms with Gasteiger partial charge in [-0.15, -0.1) is 0 Å². The fourth-order valence-electron chi connectivity index (χ4n) is 2.25. The van der Waals surface area contributed by atoms with Crippen LogP contribution in [0.3, 0.4) is 0 Å². The normalized spacial score (nSPS) is 12.3. The number of para-hydroxylation sites is 1. The van der Waals surface area contributed by atoms with Gasteiger partial charge in [-0.05, 0) is 26.0 Å². The maximum atomic E-state index is 5.67. The van der Waals surface area contributed by atoms with Crippen LogP contribution in [0.2, 0.25) is 0 Å². The van der Waals surface area contributed by atoms with Crippen molar-refractivity contribution < 1.29 is 4.74 Å². The van der Waals surface area contributed by atoms with Crippen LogP contribution in [-0.2, 0) is 13.5 Å². The fraction of sp³-hybridized carbons (Fsp3) is 0.438. The molecule has 108 valence electrons. The van der Waals surface area contributed by atoms with Crippen LogP contribution in [0.25, 0.3) is 0 Å². The number of aromatic nitrogens is 2. The molecule has 0 spiro atoms. The monoisotopic (exact) mass is 273 g/mol. The topological polar surface area (TPSA) is 39.1 Å². The summed E-state index contributed by atoms with van der Waals surface area (Å²) in [6.07, 6.45) is 2.91. The SMILES string of the molecule is CCOc1ccccc1C(C)NCCc1ccn(C)n1. The van der Waals surface area contributed by atoms with E-state index in [-0.39, 0.29) is 6.04 Å². The van der Waals surface area contributed by atoms with Gasteiger partial charge in [0.05, 0.1) is 12.3 Å². The van der Waals surface area contributed by atoms with Crippen molar-refractivity contribution in [2.24, 2.45) is 7.05 Å². The first-order chi connectivity index (χ1) is 9.70. The lowest BCUT2D eigenvalue weighted by atomic mass is 10.1. The summed E-state index contributed by atoms with van der Waals surface area (Å²) >= 11 is 0. The molecule has 1 N–H and O–H groups in total. The number of hydrogen-bond donors (Lipinski definition) is 1. The molecule has 2 aromatic rings. The fourth-order valence-corrected chi connectivity index (χ4v) is 2.25. The first kappa shape index (κ1) is 14.6. The minimum Gasteiger partial charge on any atom is -0.494 e. The van der Waals surface area contributed by atoms with Gasteiger partial charge in [0.15, 0.2) is 0 Å². The van der Waals surface area contributed by atoms with E-state index >= 15 is 0 Å². The Kier molecular flexibility index (Phi) is 5.18. The summed E-state index contributed by atoms with van der Waals surface area (Å²) in [4.78, 5) is 0. The molecule has 0 amide bonds. The van der Waals surface area contributed by atoms with Crippen molar-refractivity contribution in [2.75, 3.05) is 13.2 Å². The molecule has 1 aromatic carbocycles. The molecule has 0 saturated carbocycles. The van der Waals surface area contributed by atoms with E-state index in [1.165, 1.54) is 5.56 Å². The molecule has 4 nitrogen and oxygen atoms in total. The van der Waals surface area contributed by atoms with Crippen molar-refractivity contribution in [3.8, 4) is 5.75 Å². The zero-order valence-electron chi connectivity index (χ0n) is 12.5. The molecular weight excluding hydrogens is 250 g/mol. The standard InChI is InChI=1S/C16H23N3O/c1-4-20-16-8-6-5-7-15(16)13(2)17-11-9-14-10-12-19(3)18-14/h5-8,10,12-13,17H,4,9,11H2,1-3H3. The second kappa shape index (κ2) is 7.10. The van der Waals surface area contributed by atoms with Crippen LogP contribution in [0.1, 0.15) is 31.1 Å². The molecule has 0 fully saturated rings. The van der Waals surface area contributed by atoms with E-state index < -0.39 is 0 Å². The summed E-state index contributed by atoms with van der Waals surface area (Å²) in [5.74, 6) is 0.966. The lowest BCUT2D eigenvalue weighted by molar-refractivity contribution is 0.332. The highest BCUT2D eigenvalue weighted by atomic mass is 16.5. The molecular formula is C16H23N3O. The second-order valence-corrected chi connectivity index (χ2v) is 4.88. The number of aryl methyl sites for hydroxylation is 1. The third kappa shape index (κ3) is 3.84. The van der Waals surface area contributed by atoms with Crippen LogP contribution >= 0.6 is 0 Å². The Hall–Kier alpha value is -1.81. The van der Waals surface area contributed by atoms with Crippen molar-refractivity contribution >= 4 is 0 Å². The number of rotatable bonds is 7. The lowest BCUT2D eigenvalue weighted by Crippen LogP contribution is -2.22. The van der Waals surface area contributed by atoms with Crippen LogP contribution in [0, 0.1) is 0 Å². The Morgan fingerprint density at radius 1 is 1.30 bits per heavy atom. The van der Waals surface area contributed by atoms with Crippen LogP contribution in [-0.4, -0.2) is 22.9 Å². The molecule has 0 bridgehead atoms. The number of nitrogens with one attached hydrogen (secondary N) is 1. The van der Waals surface area contributed by atoms with Gasteiger partial charge in [0.25, 0.3) is 0 Å². The van der Waals surface area contributed by atoms with Crippen LogP contribution < -0.4 is 10.1 Å². The molecule has 0 radical (unpaired) electrons. The summed E-state index contributed by atoms with van der Waals surface area (Å²) in [5.41, 5.74) is 2.32. The summed E-state index contributed by atoms with van der Waals surface area (Å²) in [5, 5.41) is 7.91. The quantitative estimate of drug-likeness (QED) is 0.843. The van der Waals surface area contributed by atoms with Crippen LogP contribution in [0.5, 0.6) is 5.75 Å². The van der Waals surface area contributed by atoms with Crippen LogP contribution in [0.15, 0.2) is 36.5 Å². The van der Waals surface area contributed by atoms with Gasteiger partial charge >= 0.3 is 0 Å². The van der Waals surface area contributed by atoms with Gasteiger partial charge in [0.1, 0.15) is 5.75 Å². The first-order valence-corrected chi connectivity index (χ1v) is 7.14. The minimum absolute atomic E-state index is 0.265. The van der Waals surface area contributed by atoms with E-state index in [0.717, 1.165) is 24.4 Å². The number of benzene rings is 1. The molecule has 1 heterocycles. The number of hydrogen-bond acceptors (Lipinski definition) is 3. The van der Waals surface area contributed by atoms with E-state index in [1.807, 2.05) is 37.0 Å². The first-order valence-electron chi connectivity index (χ1n) is 7.14. The van der Waals surface area contributed by atoms with Crippen molar-refractivity contribution in [2.45, 2.75) is 26.3 Å². The Morgan fingerprint density at radius 2 is 2.10 bits per heavy atom. The third-order valence-electron chi connectivity index (χ3n) is 3.29. The molecule has 1 aromatic heterocycles. The van der Waals surface area contributed by atoms with Crippen LogP contribution in [0.4, 0.5) is 0 Å². The van der Waals surface area contributed by atoms with Gasteiger partial charge in [-0.25, -0.2) is 0 Å². The number of ether oxygens (including phenoxy) is 1. The Bertz CT molecular complexity index is 536. The van der Waals surface area contributed by atoms with Gasteiger partial charge in [0.2, 0.25) is 0 Å². The predicted molar refractivity (Wildman–Crippen MR) is 80.9 cm³/mol. The van der Waals surface area contributed by atoms with Gasteiger partial charge in [-0.1, -0.05) is 18.2 Å². The zero-order chi connectivity index (χ0) is 14.4. The zero-order valence-corrected chi connectivity index (χ0v) is 12.5. The van der Waals surface area contributed by atoms with Gasteiger partial charge < -0.3 is 10.1 Å². The highest BCUT2D eigenvalue weighted by Crippen LogP contribution is 2.24. The largest absolute Gasteiger partial charge is 0.494 e. The molecule has 1 unspecified atom stereocenters. The predicted octanol–water partition coefficient (Wildman–Crippen LogP) is 2.71. The van der Waals surface area contributed by atoms with E-state index in [9.17, 15) is 0 Å². The summed E-state index contributed by atoms with van der Waals surface area (Å²) in [6, 6.07) is 10.5. The Morgan fingerprint density at radius 3 is 2.80 bits per heavy atom. The molecule has 0 aliphatic rings. The highest BCUT2D eigenvalue weighted by molar-refractivity contribution is 5.35. The molecule has 1 atom stereocenters. The molecule has 20 heavy (non-hydrogen) atoms. The van der Waals surface area contributed by atoms with Gasteiger partial charge in [-0.2, -0.15) is 5.10 Å². The average molecular weight is 273 g/mol. The molecule has 4 heteroatoms. The van der Waals surface area contributed by atoms with Gasteiger partial charge in [0, 0.05) is 37.8 Å². The molecule has 0 aliphatic carbocycles. The van der Waals surface area contributed by atoms with E-state index in [4.69, 9.17) is 4.74 Å². The lowest BCUT2D eigenvalue weighted by Gasteiger charge is -2.17. The van der Waals surface area contributed by atoms with Crippen molar-refractivity contribution in [3.63, 3.8) is 0 Å². The maximum absolute atomic E-state index is 5.67. The van der Waals surface area contributed by atoms with E-state index in [1.54, 1.807) is 0 Å². The summed E-state index contributed by atoms with van der Waals surface area (Å²) in [6.45, 7) is 5.77. The molecule has 2 rings (SSSR count). The summed E-state index contributed by atoms with van der Waals surface area (Å²) < 4.78 is 7.51. The highest BCUT2D eigenvalue weighted by Gasteiger charge is 2.10. The summed E-state index contributed by atoms with van der Waals surface area (Å²) in [7, 11) is 1.94. The minimum atomic E-state index is 0.265. The third-order valence-corrected chi connectivity index (χ3v) is 3.29. The van der Waals surface area contributed by atoms with Crippen molar-refractivity contribution in [1.29, 1.82) is 0 Å². The van der Waals surface area contributed by atoms with E-state index in [0.29, 0.717) is 6.61 Å².